The average molecular weight is 571 g/mol. The lowest BCUT2D eigenvalue weighted by Crippen LogP contribution is -2.17. The fourth-order valence-electron chi connectivity index (χ4n) is 4.48. The van der Waals surface area contributed by atoms with Crippen molar-refractivity contribution in [3.63, 3.8) is 0 Å². The monoisotopic (exact) mass is 570 g/mol. The van der Waals surface area contributed by atoms with Crippen molar-refractivity contribution in [2.24, 2.45) is 0 Å². The third kappa shape index (κ3) is 5.85. The van der Waals surface area contributed by atoms with E-state index in [0.29, 0.717) is 11.1 Å². The van der Waals surface area contributed by atoms with Gasteiger partial charge >= 0.3 is 0 Å². The smallest absolute Gasteiger partial charge is 0.259 e. The lowest BCUT2D eigenvalue weighted by atomic mass is 10.0. The molecule has 210 valence electrons. The van der Waals surface area contributed by atoms with Crippen LogP contribution in [0, 0.1) is 23.3 Å². The Morgan fingerprint density at radius 3 is 1.43 bits per heavy atom. The number of anilines is 2. The van der Waals surface area contributed by atoms with Gasteiger partial charge in [-0.1, -0.05) is 60.7 Å². The maximum Gasteiger partial charge on any atom is 0.259 e. The molecule has 0 saturated heterocycles. The summed E-state index contributed by atoms with van der Waals surface area (Å²) in [6.07, 6.45) is 0. The zero-order valence-corrected chi connectivity index (χ0v) is 22.1. The summed E-state index contributed by atoms with van der Waals surface area (Å²) in [4.78, 5) is 26.1. The normalized spacial score (nSPS) is 10.7. The van der Waals surface area contributed by atoms with E-state index in [1.807, 2.05) is 0 Å². The van der Waals surface area contributed by atoms with Crippen LogP contribution in [-0.4, -0.2) is 18.9 Å². The Labute approximate surface area is 238 Å². The van der Waals surface area contributed by atoms with Crippen molar-refractivity contribution in [2.75, 3.05) is 17.7 Å². The zero-order chi connectivity index (χ0) is 29.8. The molecule has 2 N–H and O–H groups in total. The minimum Gasteiger partial charge on any atom is -0.496 e. The van der Waals surface area contributed by atoms with Crippen molar-refractivity contribution in [1.29, 1.82) is 0 Å². The fraction of sp³-hybridized carbons (Fsp3) is 0.0303. The maximum absolute atomic E-state index is 14.8. The summed E-state index contributed by atoms with van der Waals surface area (Å²) in [5.41, 5.74) is -0.250. The first-order valence-corrected chi connectivity index (χ1v) is 12.6. The zero-order valence-electron chi connectivity index (χ0n) is 22.1. The van der Waals surface area contributed by atoms with Gasteiger partial charge in [-0.3, -0.25) is 9.59 Å². The minimum atomic E-state index is -0.880. The summed E-state index contributed by atoms with van der Waals surface area (Å²) in [6.45, 7) is 0. The van der Waals surface area contributed by atoms with Crippen LogP contribution in [0.5, 0.6) is 5.75 Å². The molecule has 0 radical (unpaired) electrons. The van der Waals surface area contributed by atoms with Gasteiger partial charge in [-0.2, -0.15) is 0 Å². The van der Waals surface area contributed by atoms with Gasteiger partial charge in [0.25, 0.3) is 11.8 Å². The SMILES string of the molecule is COc1ccc(C(=O)Nc2cc(F)c(-c3ccccc3)c(F)c2)cc1C(=O)Nc1cc(F)c(-c2ccccc2)c(F)c1. The van der Waals surface area contributed by atoms with Gasteiger partial charge in [-0.15, -0.1) is 0 Å². The number of benzene rings is 5. The van der Waals surface area contributed by atoms with Crippen LogP contribution < -0.4 is 15.4 Å². The number of methoxy groups -OCH3 is 1. The molecule has 2 amide bonds. The second-order valence-electron chi connectivity index (χ2n) is 9.19. The predicted octanol–water partition coefficient (Wildman–Crippen LogP) is 8.09. The first-order chi connectivity index (χ1) is 20.2. The van der Waals surface area contributed by atoms with Gasteiger partial charge in [0.2, 0.25) is 0 Å². The molecular weight excluding hydrogens is 548 g/mol. The molecule has 5 aromatic rings. The highest BCUT2D eigenvalue weighted by Crippen LogP contribution is 2.31. The molecule has 0 aliphatic carbocycles. The van der Waals surface area contributed by atoms with Gasteiger partial charge in [0.05, 0.1) is 23.8 Å². The van der Waals surface area contributed by atoms with Gasteiger partial charge in [0.15, 0.2) is 0 Å². The predicted molar refractivity (Wildman–Crippen MR) is 152 cm³/mol. The number of rotatable bonds is 7. The van der Waals surface area contributed by atoms with E-state index in [4.69, 9.17) is 4.74 Å². The number of halogens is 4. The van der Waals surface area contributed by atoms with Crippen molar-refractivity contribution >= 4 is 23.2 Å². The topological polar surface area (TPSA) is 67.4 Å². The van der Waals surface area contributed by atoms with Gasteiger partial charge < -0.3 is 15.4 Å². The molecule has 5 rings (SSSR count). The quantitative estimate of drug-likeness (QED) is 0.194. The molecule has 0 heterocycles. The molecule has 0 saturated carbocycles. The van der Waals surface area contributed by atoms with E-state index in [2.05, 4.69) is 10.6 Å². The van der Waals surface area contributed by atoms with Crippen LogP contribution >= 0.6 is 0 Å². The highest BCUT2D eigenvalue weighted by molar-refractivity contribution is 6.10. The Kier molecular flexibility index (Phi) is 8.01. The maximum atomic E-state index is 14.8. The summed E-state index contributed by atoms with van der Waals surface area (Å²) in [6, 6.07) is 24.1. The molecule has 0 aromatic heterocycles. The summed E-state index contributed by atoms with van der Waals surface area (Å²) >= 11 is 0. The lowest BCUT2D eigenvalue weighted by molar-refractivity contribution is 0.102. The molecule has 5 nitrogen and oxygen atoms in total. The summed E-state index contributed by atoms with van der Waals surface area (Å²) < 4.78 is 64.5. The third-order valence-corrected chi connectivity index (χ3v) is 6.43. The Hall–Kier alpha value is -5.44. The van der Waals surface area contributed by atoms with E-state index in [-0.39, 0.29) is 39.4 Å². The highest BCUT2D eigenvalue weighted by atomic mass is 19.1. The summed E-state index contributed by atoms with van der Waals surface area (Å²) in [5.74, 6) is -4.99. The van der Waals surface area contributed by atoms with Crippen molar-refractivity contribution in [3.8, 4) is 28.0 Å². The number of amides is 2. The summed E-state index contributed by atoms with van der Waals surface area (Å²) in [7, 11) is 1.31. The van der Waals surface area contributed by atoms with E-state index in [9.17, 15) is 27.2 Å². The standard InChI is InChI=1S/C33H22F4N2O3/c1-42-29-13-12-21(32(40)38-22-15-25(34)30(26(35)16-22)19-8-4-2-5-9-19)14-24(29)33(41)39-23-17-27(36)31(28(37)18-23)20-10-6-3-7-11-20/h2-18H,1H3,(H,38,40)(H,39,41). The molecule has 5 aromatic carbocycles. The number of carbonyl (C=O) groups excluding carboxylic acids is 2. The second kappa shape index (κ2) is 12.0. The molecule has 42 heavy (non-hydrogen) atoms. The molecule has 0 aliphatic rings. The van der Waals surface area contributed by atoms with Crippen molar-refractivity contribution in [3.05, 3.63) is 138 Å². The number of nitrogens with one attached hydrogen (secondary N) is 2. The Bertz CT molecular complexity index is 1750. The Balaban J connectivity index is 1.37. The first-order valence-electron chi connectivity index (χ1n) is 12.6. The molecule has 0 aliphatic heterocycles. The molecule has 0 spiro atoms. The molecule has 0 bridgehead atoms. The van der Waals surface area contributed by atoms with E-state index >= 15 is 0 Å². The largest absolute Gasteiger partial charge is 0.496 e. The molecule has 0 unspecified atom stereocenters. The van der Waals surface area contributed by atoms with E-state index in [0.717, 1.165) is 24.3 Å². The molecular formula is C33H22F4N2O3. The van der Waals surface area contributed by atoms with Crippen LogP contribution in [0.1, 0.15) is 20.7 Å². The number of hydrogen-bond acceptors (Lipinski definition) is 3. The van der Waals surface area contributed by atoms with Crippen LogP contribution in [0.25, 0.3) is 22.3 Å². The Morgan fingerprint density at radius 1 is 0.571 bits per heavy atom. The third-order valence-electron chi connectivity index (χ3n) is 6.43. The van der Waals surface area contributed by atoms with Gasteiger partial charge in [-0.05, 0) is 53.6 Å². The van der Waals surface area contributed by atoms with Gasteiger partial charge in [-0.25, -0.2) is 17.6 Å². The van der Waals surface area contributed by atoms with E-state index in [1.165, 1.54) is 25.3 Å². The molecule has 0 atom stereocenters. The molecule has 0 fully saturated rings. The second-order valence-corrected chi connectivity index (χ2v) is 9.19. The van der Waals surface area contributed by atoms with Crippen LogP contribution in [-0.2, 0) is 0 Å². The Morgan fingerprint density at radius 2 is 1.00 bits per heavy atom. The number of hydrogen-bond donors (Lipinski definition) is 2. The van der Waals surface area contributed by atoms with Crippen molar-refractivity contribution < 1.29 is 31.9 Å². The summed E-state index contributed by atoms with van der Waals surface area (Å²) in [5, 5.41) is 4.83. The van der Waals surface area contributed by atoms with Crippen LogP contribution in [0.15, 0.2) is 103 Å². The van der Waals surface area contributed by atoms with Crippen molar-refractivity contribution in [1.82, 2.24) is 0 Å². The van der Waals surface area contributed by atoms with Gasteiger partial charge in [0, 0.05) is 16.9 Å². The average Bonchev–Trinajstić information content (AvgIpc) is 2.97. The van der Waals surface area contributed by atoms with Crippen LogP contribution in [0.2, 0.25) is 0 Å². The fourth-order valence-corrected chi connectivity index (χ4v) is 4.48. The number of ether oxygens (including phenoxy) is 1. The first kappa shape index (κ1) is 28.1. The van der Waals surface area contributed by atoms with E-state index in [1.54, 1.807) is 60.7 Å². The van der Waals surface area contributed by atoms with Crippen molar-refractivity contribution in [2.45, 2.75) is 0 Å². The molecule has 9 heteroatoms. The van der Waals surface area contributed by atoms with E-state index < -0.39 is 35.1 Å². The van der Waals surface area contributed by atoms with Gasteiger partial charge in [0.1, 0.15) is 29.0 Å². The highest BCUT2D eigenvalue weighted by Gasteiger charge is 2.20. The van der Waals surface area contributed by atoms with Crippen LogP contribution in [0.3, 0.4) is 0 Å². The lowest BCUT2D eigenvalue weighted by Gasteiger charge is -2.13. The minimum absolute atomic E-state index is 0.0364. The van der Waals surface area contributed by atoms with Crippen LogP contribution in [0.4, 0.5) is 28.9 Å². The number of carbonyl (C=O) groups is 2.